The summed E-state index contributed by atoms with van der Waals surface area (Å²) in [7, 11) is -4.30. The molecule has 1 aromatic carbocycles. The summed E-state index contributed by atoms with van der Waals surface area (Å²) in [6, 6.07) is 3.80. The molecule has 0 radical (unpaired) electrons. The number of carbonyl (C=O) groups is 2. The summed E-state index contributed by atoms with van der Waals surface area (Å²) in [4.78, 5) is 30.9. The van der Waals surface area contributed by atoms with Crippen LogP contribution in [0.25, 0.3) is 0 Å². The summed E-state index contributed by atoms with van der Waals surface area (Å²) in [5.74, 6) is -2.50. The summed E-state index contributed by atoms with van der Waals surface area (Å²) in [5.41, 5.74) is 4.56. The molecule has 0 saturated carbocycles. The number of hydrogen-bond acceptors (Lipinski definition) is 6. The van der Waals surface area contributed by atoms with Gasteiger partial charge in [0.15, 0.2) is 0 Å². The number of non-ortho nitro benzene ring substituents is 1. The maximum Gasteiger partial charge on any atom is 0.318 e. The molecule has 0 bridgehead atoms. The Bertz CT molecular complexity index is 652. The third-order valence-corrected chi connectivity index (χ3v) is 4.14. The van der Waals surface area contributed by atoms with Crippen LogP contribution in [0.3, 0.4) is 0 Å². The zero-order valence-corrected chi connectivity index (χ0v) is 11.3. The Kier molecular flexibility index (Phi) is 4.94. The topological polar surface area (TPSA) is 161 Å². The van der Waals surface area contributed by atoms with Gasteiger partial charge in [-0.05, 0) is 12.1 Å². The first-order chi connectivity index (χ1) is 9.64. The molecule has 0 saturated heterocycles. The zero-order chi connectivity index (χ0) is 16.2. The van der Waals surface area contributed by atoms with Crippen molar-refractivity contribution in [1.82, 2.24) is 4.31 Å². The van der Waals surface area contributed by atoms with Crippen molar-refractivity contribution in [2.45, 2.75) is 4.90 Å². The van der Waals surface area contributed by atoms with E-state index < -0.39 is 39.9 Å². The Morgan fingerprint density at radius 3 is 2.14 bits per heavy atom. The second-order valence-electron chi connectivity index (χ2n) is 3.88. The monoisotopic (exact) mass is 317 g/mol. The number of carbonyl (C=O) groups excluding carboxylic acids is 1. The van der Waals surface area contributed by atoms with Crippen molar-refractivity contribution in [3.63, 3.8) is 0 Å². The lowest BCUT2D eigenvalue weighted by Gasteiger charge is -2.18. The molecule has 0 spiro atoms. The van der Waals surface area contributed by atoms with Gasteiger partial charge in [0, 0.05) is 12.1 Å². The van der Waals surface area contributed by atoms with Gasteiger partial charge in [-0.25, -0.2) is 8.42 Å². The molecule has 21 heavy (non-hydrogen) atoms. The molecule has 3 N–H and O–H groups in total. The van der Waals surface area contributed by atoms with Gasteiger partial charge in [-0.15, -0.1) is 0 Å². The second kappa shape index (κ2) is 6.28. The van der Waals surface area contributed by atoms with Crippen LogP contribution >= 0.6 is 0 Å². The standard InChI is InChI=1S/C10H11N3O7S/c11-9(14)5-12(6-10(15)16)21(19,20)8-3-1-7(2-4-8)13(17)18/h1-4H,5-6H2,(H2,11,14)(H,15,16). The van der Waals surface area contributed by atoms with Gasteiger partial charge < -0.3 is 10.8 Å². The van der Waals surface area contributed by atoms with Crippen molar-refractivity contribution in [3.05, 3.63) is 34.4 Å². The van der Waals surface area contributed by atoms with E-state index >= 15 is 0 Å². The first-order valence-corrected chi connectivity index (χ1v) is 6.83. The number of sulfonamides is 1. The van der Waals surface area contributed by atoms with Crippen LogP contribution in [-0.4, -0.2) is 47.7 Å². The molecule has 0 heterocycles. The second-order valence-corrected chi connectivity index (χ2v) is 5.82. The Balaban J connectivity index is 3.17. The van der Waals surface area contributed by atoms with E-state index in [9.17, 15) is 28.1 Å². The quantitative estimate of drug-likeness (QED) is 0.489. The van der Waals surface area contributed by atoms with Crippen LogP contribution < -0.4 is 5.73 Å². The first-order valence-electron chi connectivity index (χ1n) is 5.39. The molecule has 0 aliphatic rings. The van der Waals surface area contributed by atoms with Crippen molar-refractivity contribution < 1.29 is 28.0 Å². The summed E-state index contributed by atoms with van der Waals surface area (Å²) < 4.78 is 24.7. The fraction of sp³-hybridized carbons (Fsp3) is 0.200. The van der Waals surface area contributed by atoms with Crippen molar-refractivity contribution in [2.24, 2.45) is 5.73 Å². The largest absolute Gasteiger partial charge is 0.480 e. The Hall–Kier alpha value is -2.53. The van der Waals surface area contributed by atoms with Crippen LogP contribution in [0.15, 0.2) is 29.2 Å². The van der Waals surface area contributed by atoms with Gasteiger partial charge in [0.25, 0.3) is 5.69 Å². The number of aliphatic carboxylic acids is 1. The smallest absolute Gasteiger partial charge is 0.318 e. The highest BCUT2D eigenvalue weighted by molar-refractivity contribution is 7.89. The fourth-order valence-corrected chi connectivity index (χ4v) is 2.80. The number of nitro groups is 1. The summed E-state index contributed by atoms with van der Waals surface area (Å²) in [6.45, 7) is -1.77. The third-order valence-electron chi connectivity index (χ3n) is 2.33. The van der Waals surface area contributed by atoms with Crippen LogP contribution in [0.1, 0.15) is 0 Å². The van der Waals surface area contributed by atoms with Gasteiger partial charge in [-0.3, -0.25) is 19.7 Å². The molecule has 114 valence electrons. The van der Waals surface area contributed by atoms with Crippen LogP contribution in [0.4, 0.5) is 5.69 Å². The third kappa shape index (κ3) is 4.22. The summed E-state index contributed by atoms with van der Waals surface area (Å²) >= 11 is 0. The number of amides is 1. The number of hydrogen-bond donors (Lipinski definition) is 2. The molecule has 0 aliphatic heterocycles. The number of carboxylic acid groups (broad SMARTS) is 1. The number of nitro benzene ring substituents is 1. The normalized spacial score (nSPS) is 11.3. The Morgan fingerprint density at radius 1 is 1.24 bits per heavy atom. The molecular formula is C10H11N3O7S. The number of carboxylic acids is 1. The molecule has 0 aliphatic carbocycles. The predicted octanol–water partition coefficient (Wildman–Crippen LogP) is -0.845. The lowest BCUT2D eigenvalue weighted by molar-refractivity contribution is -0.384. The van der Waals surface area contributed by atoms with E-state index in [2.05, 4.69) is 0 Å². The number of primary amides is 1. The number of nitrogens with zero attached hydrogens (tertiary/aromatic N) is 2. The lowest BCUT2D eigenvalue weighted by Crippen LogP contribution is -2.41. The van der Waals surface area contributed by atoms with Crippen LogP contribution in [0, 0.1) is 10.1 Å². The van der Waals surface area contributed by atoms with Crippen molar-refractivity contribution in [1.29, 1.82) is 0 Å². The number of benzene rings is 1. The van der Waals surface area contributed by atoms with E-state index in [1.54, 1.807) is 0 Å². The lowest BCUT2D eigenvalue weighted by atomic mass is 10.3. The molecule has 0 atom stereocenters. The molecule has 0 unspecified atom stereocenters. The molecule has 0 fully saturated rings. The highest BCUT2D eigenvalue weighted by Gasteiger charge is 2.28. The van der Waals surface area contributed by atoms with Crippen molar-refractivity contribution in [3.8, 4) is 0 Å². The van der Waals surface area contributed by atoms with Gasteiger partial charge in [0.05, 0.1) is 16.4 Å². The predicted molar refractivity (Wildman–Crippen MR) is 68.7 cm³/mol. The highest BCUT2D eigenvalue weighted by Crippen LogP contribution is 2.19. The number of nitrogens with two attached hydrogens (primary N) is 1. The van der Waals surface area contributed by atoms with Crippen molar-refractivity contribution in [2.75, 3.05) is 13.1 Å². The van der Waals surface area contributed by atoms with Crippen LogP contribution in [-0.2, 0) is 19.6 Å². The molecule has 10 nitrogen and oxygen atoms in total. The molecule has 1 rings (SSSR count). The van der Waals surface area contributed by atoms with E-state index in [4.69, 9.17) is 10.8 Å². The summed E-state index contributed by atoms with van der Waals surface area (Å²) in [6.07, 6.45) is 0. The van der Waals surface area contributed by atoms with E-state index in [1.807, 2.05) is 0 Å². The molecule has 0 aromatic heterocycles. The zero-order valence-electron chi connectivity index (χ0n) is 10.5. The molecular weight excluding hydrogens is 306 g/mol. The minimum Gasteiger partial charge on any atom is -0.480 e. The maximum absolute atomic E-state index is 12.2. The van der Waals surface area contributed by atoms with E-state index in [0.29, 0.717) is 4.31 Å². The van der Waals surface area contributed by atoms with Crippen molar-refractivity contribution >= 4 is 27.6 Å². The van der Waals surface area contributed by atoms with Gasteiger partial charge in [0.1, 0.15) is 6.54 Å². The molecule has 11 heteroatoms. The summed E-state index contributed by atoms with van der Waals surface area (Å²) in [5, 5.41) is 19.2. The fourth-order valence-electron chi connectivity index (χ4n) is 1.44. The SMILES string of the molecule is NC(=O)CN(CC(=O)O)S(=O)(=O)c1ccc([N+](=O)[O-])cc1. The minimum absolute atomic E-state index is 0.325. The first kappa shape index (κ1) is 16.5. The molecule has 1 amide bonds. The Morgan fingerprint density at radius 2 is 1.76 bits per heavy atom. The van der Waals surface area contributed by atoms with E-state index in [0.717, 1.165) is 24.3 Å². The van der Waals surface area contributed by atoms with Gasteiger partial charge in [-0.2, -0.15) is 4.31 Å². The van der Waals surface area contributed by atoms with Gasteiger partial charge in [0.2, 0.25) is 15.9 Å². The van der Waals surface area contributed by atoms with E-state index in [-0.39, 0.29) is 10.6 Å². The van der Waals surface area contributed by atoms with Gasteiger partial charge >= 0.3 is 5.97 Å². The van der Waals surface area contributed by atoms with Crippen LogP contribution in [0.2, 0.25) is 0 Å². The number of rotatable bonds is 7. The maximum atomic E-state index is 12.2. The van der Waals surface area contributed by atoms with Crippen LogP contribution in [0.5, 0.6) is 0 Å². The average Bonchev–Trinajstić information content (AvgIpc) is 2.37. The average molecular weight is 317 g/mol. The highest BCUT2D eigenvalue weighted by atomic mass is 32.2. The van der Waals surface area contributed by atoms with Gasteiger partial charge in [-0.1, -0.05) is 0 Å². The Labute approximate surface area is 119 Å². The minimum atomic E-state index is -4.30. The molecule has 1 aromatic rings. The van der Waals surface area contributed by atoms with E-state index in [1.165, 1.54) is 0 Å².